The zero-order valence-corrected chi connectivity index (χ0v) is 16.0. The SMILES string of the molecule is Cc1c(OCC(N)=O)ccc2c1O/C(=C\c1ccc(C(C)(C)C)cc1)C2=O. The van der Waals surface area contributed by atoms with Gasteiger partial charge in [0.1, 0.15) is 11.5 Å². The second-order valence-corrected chi connectivity index (χ2v) is 7.63. The molecule has 1 aliphatic rings. The maximum atomic E-state index is 12.6. The Bertz CT molecular complexity index is 934. The van der Waals surface area contributed by atoms with E-state index in [0.717, 1.165) is 5.56 Å². The van der Waals surface area contributed by atoms with Gasteiger partial charge in [-0.1, -0.05) is 45.0 Å². The Morgan fingerprint density at radius 2 is 1.81 bits per heavy atom. The molecule has 5 nitrogen and oxygen atoms in total. The summed E-state index contributed by atoms with van der Waals surface area (Å²) in [5.41, 5.74) is 8.44. The Labute approximate surface area is 158 Å². The minimum absolute atomic E-state index is 0.0695. The molecule has 0 saturated heterocycles. The monoisotopic (exact) mass is 365 g/mol. The van der Waals surface area contributed by atoms with Crippen LogP contribution in [0.3, 0.4) is 0 Å². The van der Waals surface area contributed by atoms with E-state index in [2.05, 4.69) is 32.9 Å². The average molecular weight is 365 g/mol. The molecule has 3 rings (SSSR count). The number of carbonyl (C=O) groups excluding carboxylic acids is 2. The van der Waals surface area contributed by atoms with Crippen LogP contribution in [0.15, 0.2) is 42.2 Å². The van der Waals surface area contributed by atoms with Gasteiger partial charge in [0, 0.05) is 5.56 Å². The number of carbonyl (C=O) groups is 2. The van der Waals surface area contributed by atoms with Crippen LogP contribution in [0, 0.1) is 6.92 Å². The van der Waals surface area contributed by atoms with Crippen molar-refractivity contribution in [1.29, 1.82) is 0 Å². The van der Waals surface area contributed by atoms with Gasteiger partial charge in [0.15, 0.2) is 12.4 Å². The highest BCUT2D eigenvalue weighted by Crippen LogP contribution is 2.39. The highest BCUT2D eigenvalue weighted by Gasteiger charge is 2.30. The largest absolute Gasteiger partial charge is 0.483 e. The Hall–Kier alpha value is -3.08. The van der Waals surface area contributed by atoms with E-state index in [1.807, 2.05) is 12.1 Å². The first kappa shape index (κ1) is 18.7. The van der Waals surface area contributed by atoms with E-state index in [1.165, 1.54) is 5.56 Å². The molecule has 1 amide bonds. The smallest absolute Gasteiger partial charge is 0.255 e. The van der Waals surface area contributed by atoms with Crippen LogP contribution in [-0.4, -0.2) is 18.3 Å². The molecule has 0 radical (unpaired) electrons. The number of Topliss-reactive ketones (excluding diaryl/α,β-unsaturated/α-hetero) is 1. The number of allylic oxidation sites excluding steroid dienone is 1. The first-order valence-electron chi connectivity index (χ1n) is 8.76. The molecule has 0 aliphatic carbocycles. The predicted molar refractivity (Wildman–Crippen MR) is 104 cm³/mol. The minimum atomic E-state index is -0.564. The van der Waals surface area contributed by atoms with Gasteiger partial charge in [-0.3, -0.25) is 9.59 Å². The first-order chi connectivity index (χ1) is 12.7. The first-order valence-corrected chi connectivity index (χ1v) is 8.76. The number of fused-ring (bicyclic) bond motifs is 1. The van der Waals surface area contributed by atoms with Gasteiger partial charge < -0.3 is 15.2 Å². The molecule has 5 heteroatoms. The lowest BCUT2D eigenvalue weighted by atomic mass is 9.86. The lowest BCUT2D eigenvalue weighted by Crippen LogP contribution is -2.20. The maximum absolute atomic E-state index is 12.6. The van der Waals surface area contributed by atoms with Crippen LogP contribution in [0.1, 0.15) is 47.8 Å². The molecule has 2 aromatic carbocycles. The summed E-state index contributed by atoms with van der Waals surface area (Å²) < 4.78 is 11.2. The summed E-state index contributed by atoms with van der Waals surface area (Å²) >= 11 is 0. The van der Waals surface area contributed by atoms with E-state index in [4.69, 9.17) is 15.2 Å². The van der Waals surface area contributed by atoms with Crippen molar-refractivity contribution in [3.05, 3.63) is 64.4 Å². The van der Waals surface area contributed by atoms with Crippen LogP contribution in [0.4, 0.5) is 0 Å². The normalized spacial score (nSPS) is 14.8. The van der Waals surface area contributed by atoms with Gasteiger partial charge in [0.25, 0.3) is 5.91 Å². The van der Waals surface area contributed by atoms with Crippen molar-refractivity contribution >= 4 is 17.8 Å². The van der Waals surface area contributed by atoms with Crippen molar-refractivity contribution in [3.8, 4) is 11.5 Å². The summed E-state index contributed by atoms with van der Waals surface area (Å²) in [6.07, 6.45) is 1.73. The number of ether oxygens (including phenoxy) is 2. The summed E-state index contributed by atoms with van der Waals surface area (Å²) in [7, 11) is 0. The lowest BCUT2D eigenvalue weighted by molar-refractivity contribution is -0.119. The number of rotatable bonds is 4. The van der Waals surface area contributed by atoms with E-state index < -0.39 is 5.91 Å². The molecule has 2 aromatic rings. The van der Waals surface area contributed by atoms with Crippen LogP contribution in [0.2, 0.25) is 0 Å². The Balaban J connectivity index is 1.87. The third-order valence-corrected chi connectivity index (χ3v) is 4.48. The summed E-state index contributed by atoms with van der Waals surface area (Å²) in [6.45, 7) is 8.02. The highest BCUT2D eigenvalue weighted by atomic mass is 16.5. The highest BCUT2D eigenvalue weighted by molar-refractivity contribution is 6.15. The number of nitrogens with two attached hydrogens (primary N) is 1. The Morgan fingerprint density at radius 3 is 2.41 bits per heavy atom. The van der Waals surface area contributed by atoms with Crippen molar-refractivity contribution in [1.82, 2.24) is 0 Å². The zero-order chi connectivity index (χ0) is 19.8. The quantitative estimate of drug-likeness (QED) is 0.837. The molecule has 0 spiro atoms. The summed E-state index contributed by atoms with van der Waals surface area (Å²) in [6, 6.07) is 11.4. The fourth-order valence-electron chi connectivity index (χ4n) is 2.90. The number of amides is 1. The number of benzene rings is 2. The van der Waals surface area contributed by atoms with Gasteiger partial charge in [0.2, 0.25) is 5.78 Å². The Morgan fingerprint density at radius 1 is 1.15 bits per heavy atom. The molecular weight excluding hydrogens is 342 g/mol. The molecule has 140 valence electrons. The van der Waals surface area contributed by atoms with Crippen LogP contribution in [0.5, 0.6) is 11.5 Å². The lowest BCUT2D eigenvalue weighted by Gasteiger charge is -2.18. The van der Waals surface area contributed by atoms with Crippen LogP contribution in [0.25, 0.3) is 6.08 Å². The average Bonchev–Trinajstić information content (AvgIpc) is 2.91. The van der Waals surface area contributed by atoms with E-state index in [1.54, 1.807) is 25.1 Å². The molecule has 0 unspecified atom stereocenters. The van der Waals surface area contributed by atoms with E-state index in [0.29, 0.717) is 22.6 Å². The molecule has 0 aromatic heterocycles. The number of hydrogen-bond acceptors (Lipinski definition) is 4. The fraction of sp³-hybridized carbons (Fsp3) is 0.273. The zero-order valence-electron chi connectivity index (χ0n) is 16.0. The van der Waals surface area contributed by atoms with Crippen LogP contribution < -0.4 is 15.2 Å². The van der Waals surface area contributed by atoms with E-state index in [9.17, 15) is 9.59 Å². The number of primary amides is 1. The predicted octanol–water partition coefficient (Wildman–Crippen LogP) is 3.77. The second kappa shape index (κ2) is 6.91. The van der Waals surface area contributed by atoms with Gasteiger partial charge in [0.05, 0.1) is 5.56 Å². The second-order valence-electron chi connectivity index (χ2n) is 7.63. The number of ketones is 1. The minimum Gasteiger partial charge on any atom is -0.483 e. The van der Waals surface area contributed by atoms with Crippen LogP contribution in [-0.2, 0) is 10.2 Å². The third kappa shape index (κ3) is 3.87. The molecule has 27 heavy (non-hydrogen) atoms. The standard InChI is InChI=1S/C22H23NO4/c1-13-17(26-12-19(23)24)10-9-16-20(25)18(27-21(13)16)11-14-5-7-15(8-6-14)22(2,3)4/h5-11H,12H2,1-4H3,(H2,23,24)/b18-11-. The van der Waals surface area contributed by atoms with E-state index >= 15 is 0 Å². The van der Waals surface area contributed by atoms with Crippen molar-refractivity contribution in [2.45, 2.75) is 33.1 Å². The number of hydrogen-bond donors (Lipinski definition) is 1. The van der Waals surface area contributed by atoms with E-state index in [-0.39, 0.29) is 23.6 Å². The summed E-state index contributed by atoms with van der Waals surface area (Å²) in [5, 5.41) is 0. The van der Waals surface area contributed by atoms with Gasteiger partial charge in [-0.15, -0.1) is 0 Å². The van der Waals surface area contributed by atoms with Gasteiger partial charge >= 0.3 is 0 Å². The molecule has 0 saturated carbocycles. The molecule has 1 aliphatic heterocycles. The van der Waals surface area contributed by atoms with Gasteiger partial charge in [-0.05, 0) is 41.7 Å². The van der Waals surface area contributed by atoms with Crippen molar-refractivity contribution in [2.75, 3.05) is 6.61 Å². The molecule has 1 heterocycles. The maximum Gasteiger partial charge on any atom is 0.255 e. The molecule has 0 fully saturated rings. The molecule has 2 N–H and O–H groups in total. The topological polar surface area (TPSA) is 78.6 Å². The van der Waals surface area contributed by atoms with Gasteiger partial charge in [-0.2, -0.15) is 0 Å². The van der Waals surface area contributed by atoms with Crippen LogP contribution >= 0.6 is 0 Å². The molecule has 0 atom stereocenters. The van der Waals surface area contributed by atoms with Crippen molar-refractivity contribution in [2.24, 2.45) is 5.73 Å². The third-order valence-electron chi connectivity index (χ3n) is 4.48. The molecular formula is C22H23NO4. The van der Waals surface area contributed by atoms with Gasteiger partial charge in [-0.25, -0.2) is 0 Å². The summed E-state index contributed by atoms with van der Waals surface area (Å²) in [5.74, 6) is 0.458. The van der Waals surface area contributed by atoms with Crippen molar-refractivity contribution in [3.63, 3.8) is 0 Å². The Kier molecular flexibility index (Phi) is 4.79. The van der Waals surface area contributed by atoms with Crippen molar-refractivity contribution < 1.29 is 19.1 Å². The summed E-state index contributed by atoms with van der Waals surface area (Å²) in [4.78, 5) is 23.6. The molecule has 0 bridgehead atoms. The fourth-order valence-corrected chi connectivity index (χ4v) is 2.90.